The number of piperazine rings is 1. The van der Waals surface area contributed by atoms with Crippen LogP contribution >= 0.6 is 11.5 Å². The molecular weight excluding hydrogens is 545 g/mol. The van der Waals surface area contributed by atoms with E-state index in [1.807, 2.05) is 20.8 Å². The van der Waals surface area contributed by atoms with Gasteiger partial charge in [0.1, 0.15) is 23.5 Å². The van der Waals surface area contributed by atoms with Crippen LogP contribution in [0.15, 0.2) is 53.7 Å². The normalized spacial score (nSPS) is 20.2. The minimum absolute atomic E-state index is 0.0573. The van der Waals surface area contributed by atoms with Crippen molar-refractivity contribution < 1.29 is 27.1 Å². The largest absolute Gasteiger partial charge is 0.493 e. The number of aromatic nitrogens is 2. The van der Waals surface area contributed by atoms with E-state index in [2.05, 4.69) is 19.0 Å². The number of carbonyl (C=O) groups is 1. The van der Waals surface area contributed by atoms with E-state index < -0.39 is 15.6 Å². The Morgan fingerprint density at radius 1 is 1.15 bits per heavy atom. The first-order valence-electron chi connectivity index (χ1n) is 12.6. The summed E-state index contributed by atoms with van der Waals surface area (Å²) in [6, 6.07) is 10.8. The van der Waals surface area contributed by atoms with Crippen LogP contribution in [0.2, 0.25) is 0 Å². The van der Waals surface area contributed by atoms with E-state index in [0.717, 1.165) is 22.7 Å². The molecule has 1 N–H and O–H groups in total. The van der Waals surface area contributed by atoms with E-state index in [9.17, 15) is 17.6 Å². The van der Waals surface area contributed by atoms with Gasteiger partial charge in [0, 0.05) is 55.3 Å². The highest BCUT2D eigenvalue weighted by molar-refractivity contribution is 7.93. The topological polar surface area (TPSA) is 114 Å². The number of anilines is 1. The lowest BCUT2D eigenvalue weighted by Crippen LogP contribution is -2.52. The van der Waals surface area contributed by atoms with Gasteiger partial charge in [-0.05, 0) is 44.5 Å². The van der Waals surface area contributed by atoms with Crippen LogP contribution in [-0.4, -0.2) is 65.5 Å². The third-order valence-electron chi connectivity index (χ3n) is 6.61. The number of benzene rings is 2. The summed E-state index contributed by atoms with van der Waals surface area (Å²) in [6.45, 7) is 7.25. The van der Waals surface area contributed by atoms with Crippen molar-refractivity contribution in [1.29, 1.82) is 0 Å². The third-order valence-corrected chi connectivity index (χ3v) is 8.66. The number of nitrogens with zero attached hydrogens (tertiary/aromatic N) is 4. The van der Waals surface area contributed by atoms with Crippen LogP contribution in [0.3, 0.4) is 0 Å². The number of nitrogens with one attached hydrogen (secondary N) is 1. The van der Waals surface area contributed by atoms with Gasteiger partial charge in [0.2, 0.25) is 5.13 Å². The molecule has 0 radical (unpaired) electrons. The molecule has 2 aliphatic heterocycles. The average molecular weight is 576 g/mol. The van der Waals surface area contributed by atoms with Crippen molar-refractivity contribution in [3.63, 3.8) is 0 Å². The fourth-order valence-electron chi connectivity index (χ4n) is 4.90. The molecule has 1 aromatic heterocycles. The summed E-state index contributed by atoms with van der Waals surface area (Å²) >= 11 is 0.947. The van der Waals surface area contributed by atoms with Crippen molar-refractivity contribution in [1.82, 2.24) is 19.2 Å². The number of carbonyl (C=O) groups excluding carboxylic acids is 1. The van der Waals surface area contributed by atoms with Gasteiger partial charge in [-0.25, -0.2) is 22.6 Å². The summed E-state index contributed by atoms with van der Waals surface area (Å²) in [5, 5.41) is 0.177. The molecule has 0 aliphatic carbocycles. The van der Waals surface area contributed by atoms with E-state index in [4.69, 9.17) is 9.47 Å². The van der Waals surface area contributed by atoms with E-state index in [1.165, 1.54) is 24.5 Å². The summed E-state index contributed by atoms with van der Waals surface area (Å²) in [5.41, 5.74) is 1.11. The van der Waals surface area contributed by atoms with E-state index in [-0.39, 0.29) is 34.0 Å². The zero-order valence-electron chi connectivity index (χ0n) is 21.8. The van der Waals surface area contributed by atoms with Crippen molar-refractivity contribution in [2.45, 2.75) is 49.8 Å². The van der Waals surface area contributed by atoms with Gasteiger partial charge < -0.3 is 14.4 Å². The predicted molar refractivity (Wildman–Crippen MR) is 144 cm³/mol. The van der Waals surface area contributed by atoms with E-state index in [0.29, 0.717) is 38.4 Å². The molecule has 0 unspecified atom stereocenters. The van der Waals surface area contributed by atoms with Gasteiger partial charge in [0.15, 0.2) is 0 Å². The quantitative estimate of drug-likeness (QED) is 0.470. The Morgan fingerprint density at radius 3 is 2.62 bits per heavy atom. The molecule has 39 heavy (non-hydrogen) atoms. The monoisotopic (exact) mass is 575 g/mol. The van der Waals surface area contributed by atoms with Gasteiger partial charge in [-0.3, -0.25) is 9.62 Å². The Labute approximate surface area is 231 Å². The lowest BCUT2D eigenvalue weighted by atomic mass is 9.93. The van der Waals surface area contributed by atoms with Crippen molar-refractivity contribution in [2.75, 3.05) is 31.0 Å². The maximum absolute atomic E-state index is 13.8. The minimum atomic E-state index is -3.88. The molecule has 5 rings (SSSR count). The second-order valence-corrected chi connectivity index (χ2v) is 12.9. The van der Waals surface area contributed by atoms with Crippen LogP contribution in [0.4, 0.5) is 14.3 Å². The number of amides is 1. The van der Waals surface area contributed by atoms with E-state index >= 15 is 0 Å². The number of rotatable bonds is 5. The number of fused-ring (bicyclic) bond motifs is 1. The van der Waals surface area contributed by atoms with Gasteiger partial charge in [0.25, 0.3) is 10.0 Å². The average Bonchev–Trinajstić information content (AvgIpc) is 3.39. The molecule has 3 aromatic rings. The molecule has 0 saturated carbocycles. The Hall–Kier alpha value is -3.29. The van der Waals surface area contributed by atoms with Crippen molar-refractivity contribution >= 4 is 32.8 Å². The number of ether oxygens (including phenoxy) is 2. The van der Waals surface area contributed by atoms with E-state index in [1.54, 1.807) is 29.2 Å². The summed E-state index contributed by atoms with van der Waals surface area (Å²) in [4.78, 5) is 20.8. The lowest BCUT2D eigenvalue weighted by Gasteiger charge is -2.46. The standard InChI is InChI=1S/C26H30FN5O5S2/c1-26(2,3)37-25(33)31-11-12-32(22(15-31)17-4-6-18(27)7-5-17)21-10-13-36-23-14-19(8-9-20(21)23)39(34,35)30-24-28-16-29-38-24/h4-9,14,16,21-22H,10-13,15H2,1-3H3,(H,28,29,30)/t21-,22+/m1/s1. The molecule has 0 spiro atoms. The molecule has 1 saturated heterocycles. The predicted octanol–water partition coefficient (Wildman–Crippen LogP) is 4.60. The number of sulfonamides is 1. The van der Waals surface area contributed by atoms with Gasteiger partial charge in [-0.2, -0.15) is 4.37 Å². The molecule has 208 valence electrons. The highest BCUT2D eigenvalue weighted by Gasteiger charge is 2.39. The second kappa shape index (κ2) is 10.7. The number of halogens is 1. The first kappa shape index (κ1) is 27.3. The van der Waals surface area contributed by atoms with Gasteiger partial charge in [-0.15, -0.1) is 0 Å². The van der Waals surface area contributed by atoms with Gasteiger partial charge in [0.05, 0.1) is 17.5 Å². The van der Waals surface area contributed by atoms with Crippen LogP contribution in [0, 0.1) is 5.82 Å². The lowest BCUT2D eigenvalue weighted by molar-refractivity contribution is -0.0104. The molecule has 3 heterocycles. The Bertz CT molecular complexity index is 1430. The van der Waals surface area contributed by atoms with Crippen molar-refractivity contribution in [3.05, 3.63) is 65.7 Å². The maximum Gasteiger partial charge on any atom is 0.410 e. The molecule has 2 aliphatic rings. The highest BCUT2D eigenvalue weighted by atomic mass is 32.2. The number of hydrogen-bond donors (Lipinski definition) is 1. The summed E-state index contributed by atoms with van der Waals surface area (Å²) in [7, 11) is -3.88. The Morgan fingerprint density at radius 2 is 1.92 bits per heavy atom. The van der Waals surface area contributed by atoms with Crippen molar-refractivity contribution in [2.24, 2.45) is 0 Å². The summed E-state index contributed by atoms with van der Waals surface area (Å²) in [6.07, 6.45) is 1.56. The van der Waals surface area contributed by atoms with Crippen LogP contribution < -0.4 is 9.46 Å². The smallest absolute Gasteiger partial charge is 0.410 e. The fourth-order valence-corrected chi connectivity index (χ4v) is 6.58. The molecule has 1 fully saturated rings. The molecule has 1 amide bonds. The zero-order chi connectivity index (χ0) is 27.8. The Balaban J connectivity index is 1.43. The zero-order valence-corrected chi connectivity index (χ0v) is 23.5. The van der Waals surface area contributed by atoms with Crippen LogP contribution in [-0.2, 0) is 14.8 Å². The van der Waals surface area contributed by atoms with Crippen molar-refractivity contribution in [3.8, 4) is 5.75 Å². The highest BCUT2D eigenvalue weighted by Crippen LogP contribution is 2.42. The first-order chi connectivity index (χ1) is 18.5. The Kier molecular flexibility index (Phi) is 7.49. The van der Waals surface area contributed by atoms with Gasteiger partial charge >= 0.3 is 6.09 Å². The third kappa shape index (κ3) is 6.15. The maximum atomic E-state index is 13.8. The molecule has 0 bridgehead atoms. The summed E-state index contributed by atoms with van der Waals surface area (Å²) < 4.78 is 57.4. The molecular formula is C26H30FN5O5S2. The molecule has 10 nitrogen and oxygen atoms in total. The van der Waals surface area contributed by atoms with Crippen LogP contribution in [0.5, 0.6) is 5.75 Å². The van der Waals surface area contributed by atoms with Gasteiger partial charge in [-0.1, -0.05) is 18.2 Å². The summed E-state index contributed by atoms with van der Waals surface area (Å²) in [5.74, 6) is 0.149. The fraction of sp³-hybridized carbons (Fsp3) is 0.423. The molecule has 2 aromatic carbocycles. The first-order valence-corrected chi connectivity index (χ1v) is 14.8. The van der Waals surface area contributed by atoms with Crippen LogP contribution in [0.1, 0.15) is 50.4 Å². The second-order valence-electron chi connectivity index (χ2n) is 10.4. The number of hydrogen-bond acceptors (Lipinski definition) is 9. The minimum Gasteiger partial charge on any atom is -0.493 e. The van der Waals surface area contributed by atoms with Crippen LogP contribution in [0.25, 0.3) is 0 Å². The molecule has 13 heteroatoms. The molecule has 2 atom stereocenters. The SMILES string of the molecule is CC(C)(C)OC(=O)N1CCN([C@@H]2CCOc3cc(S(=O)(=O)Nc4ncns4)ccc32)[C@H](c2ccc(F)cc2)C1.